The van der Waals surface area contributed by atoms with Crippen LogP contribution in [0.2, 0.25) is 0 Å². The minimum atomic E-state index is -1.11. The maximum atomic E-state index is 12.3. The molecule has 0 aliphatic rings. The fourth-order valence-corrected chi connectivity index (χ4v) is 2.38. The Balaban J connectivity index is 2.32. The lowest BCUT2D eigenvalue weighted by Gasteiger charge is -2.06. The Bertz CT molecular complexity index is 941. The number of benzene rings is 1. The lowest BCUT2D eigenvalue weighted by Crippen LogP contribution is -2.24. The van der Waals surface area contributed by atoms with E-state index in [4.69, 9.17) is 14.6 Å². The number of aliphatic carboxylic acids is 1. The number of carbonyl (C=O) groups is 1. The van der Waals surface area contributed by atoms with Crippen molar-refractivity contribution >= 4 is 27.9 Å². The Morgan fingerprint density at radius 2 is 2.00 bits per heavy atom. The molecule has 0 spiro atoms. The molecular weight excluding hydrogens is 290 g/mol. The Morgan fingerprint density at radius 1 is 1.32 bits per heavy atom. The second kappa shape index (κ2) is 5.06. The molecule has 1 aromatic carbocycles. The average molecular weight is 303 g/mol. The number of aromatic nitrogens is 3. The van der Waals surface area contributed by atoms with Gasteiger partial charge in [-0.15, -0.1) is 0 Å². The quantitative estimate of drug-likeness (QED) is 0.744. The topological polar surface area (TPSA) is 106 Å². The molecule has 2 aromatic heterocycles. The van der Waals surface area contributed by atoms with E-state index >= 15 is 0 Å². The van der Waals surface area contributed by atoms with Gasteiger partial charge in [0.05, 0.1) is 26.1 Å². The maximum Gasteiger partial charge on any atom is 0.323 e. The summed E-state index contributed by atoms with van der Waals surface area (Å²) in [6.45, 7) is -0.441. The van der Waals surface area contributed by atoms with Crippen molar-refractivity contribution in [2.45, 2.75) is 6.54 Å². The summed E-state index contributed by atoms with van der Waals surface area (Å²) in [6.07, 6.45) is 1.22. The maximum absolute atomic E-state index is 12.3. The molecule has 0 saturated carbocycles. The summed E-state index contributed by atoms with van der Waals surface area (Å²) in [6, 6.07) is 3.43. The summed E-state index contributed by atoms with van der Waals surface area (Å²) >= 11 is 0. The van der Waals surface area contributed by atoms with E-state index in [0.29, 0.717) is 27.9 Å². The Hall–Kier alpha value is -3.03. The Kier molecular flexibility index (Phi) is 3.21. The molecule has 8 heteroatoms. The molecule has 8 nitrogen and oxygen atoms in total. The number of carboxylic acids is 1. The van der Waals surface area contributed by atoms with Gasteiger partial charge in [-0.2, -0.15) is 0 Å². The molecule has 0 radical (unpaired) electrons. The highest BCUT2D eigenvalue weighted by Gasteiger charge is 2.15. The zero-order chi connectivity index (χ0) is 15.9. The first-order chi connectivity index (χ1) is 10.5. The third-order valence-electron chi connectivity index (χ3n) is 3.38. The summed E-state index contributed by atoms with van der Waals surface area (Å²) in [5.74, 6) is -0.0671. The summed E-state index contributed by atoms with van der Waals surface area (Å²) in [5.41, 5.74) is 0.920. The van der Waals surface area contributed by atoms with Crippen LogP contribution in [-0.4, -0.2) is 39.8 Å². The highest BCUT2D eigenvalue weighted by atomic mass is 16.5. The van der Waals surface area contributed by atoms with Gasteiger partial charge in [0.1, 0.15) is 17.6 Å². The molecule has 114 valence electrons. The minimum Gasteiger partial charge on any atom is -0.493 e. The lowest BCUT2D eigenvalue weighted by molar-refractivity contribution is -0.137. The molecule has 0 saturated heterocycles. The van der Waals surface area contributed by atoms with Crippen molar-refractivity contribution in [2.24, 2.45) is 0 Å². The average Bonchev–Trinajstić information content (AvgIpc) is 2.86. The van der Waals surface area contributed by atoms with Crippen molar-refractivity contribution in [3.63, 3.8) is 0 Å². The second-order valence-corrected chi connectivity index (χ2v) is 4.67. The Labute approximate surface area is 123 Å². The van der Waals surface area contributed by atoms with Crippen LogP contribution in [0.4, 0.5) is 0 Å². The number of carboxylic acid groups (broad SMARTS) is 1. The smallest absolute Gasteiger partial charge is 0.323 e. The summed E-state index contributed by atoms with van der Waals surface area (Å²) in [4.78, 5) is 30.2. The molecule has 0 atom stereocenters. The van der Waals surface area contributed by atoms with E-state index in [0.717, 1.165) is 4.57 Å². The van der Waals surface area contributed by atoms with Crippen molar-refractivity contribution in [2.75, 3.05) is 14.2 Å². The number of nitrogens with zero attached hydrogens (tertiary/aromatic N) is 2. The number of fused-ring (bicyclic) bond motifs is 3. The Morgan fingerprint density at radius 3 is 2.64 bits per heavy atom. The van der Waals surface area contributed by atoms with Gasteiger partial charge in [0.15, 0.2) is 11.5 Å². The van der Waals surface area contributed by atoms with E-state index < -0.39 is 18.1 Å². The van der Waals surface area contributed by atoms with Gasteiger partial charge in [0, 0.05) is 11.5 Å². The molecule has 0 bridgehead atoms. The number of methoxy groups -OCH3 is 2. The van der Waals surface area contributed by atoms with Gasteiger partial charge in [-0.1, -0.05) is 0 Å². The second-order valence-electron chi connectivity index (χ2n) is 4.67. The highest BCUT2D eigenvalue weighted by Crippen LogP contribution is 2.34. The largest absolute Gasteiger partial charge is 0.493 e. The standard InChI is InChI=1S/C14H13N3O5/c1-21-9-3-7-8(4-10(9)22-2)16-13-12(7)15-6-17(14(13)20)5-11(18)19/h3-4,6,16H,5H2,1-2H3,(H,18,19). The number of nitrogens with one attached hydrogen (secondary N) is 1. The fraction of sp³-hybridized carbons (Fsp3) is 0.214. The van der Waals surface area contributed by atoms with Crippen LogP contribution in [0.3, 0.4) is 0 Å². The van der Waals surface area contributed by atoms with Crippen molar-refractivity contribution in [1.29, 1.82) is 0 Å². The fourth-order valence-electron chi connectivity index (χ4n) is 2.38. The van der Waals surface area contributed by atoms with Crippen molar-refractivity contribution in [3.8, 4) is 11.5 Å². The number of rotatable bonds is 4. The first kappa shape index (κ1) is 13.9. The molecule has 3 rings (SSSR count). The molecule has 0 fully saturated rings. The third-order valence-corrected chi connectivity index (χ3v) is 3.38. The van der Waals surface area contributed by atoms with Gasteiger partial charge < -0.3 is 19.6 Å². The number of aromatic amines is 1. The summed E-state index contributed by atoms with van der Waals surface area (Å²) in [5, 5.41) is 9.51. The van der Waals surface area contributed by atoms with E-state index in [2.05, 4.69) is 9.97 Å². The first-order valence-electron chi connectivity index (χ1n) is 6.39. The van der Waals surface area contributed by atoms with Gasteiger partial charge in [0.2, 0.25) is 0 Å². The lowest BCUT2D eigenvalue weighted by atomic mass is 10.2. The third kappa shape index (κ3) is 2.05. The van der Waals surface area contributed by atoms with Crippen LogP contribution in [0, 0.1) is 0 Å². The van der Waals surface area contributed by atoms with E-state index in [1.807, 2.05) is 0 Å². The zero-order valence-electron chi connectivity index (χ0n) is 11.9. The van der Waals surface area contributed by atoms with E-state index in [9.17, 15) is 9.59 Å². The van der Waals surface area contributed by atoms with E-state index in [1.54, 1.807) is 12.1 Å². The van der Waals surface area contributed by atoms with Crippen LogP contribution < -0.4 is 15.0 Å². The van der Waals surface area contributed by atoms with Crippen molar-refractivity contribution < 1.29 is 19.4 Å². The predicted octanol–water partition coefficient (Wildman–Crippen LogP) is 0.980. The van der Waals surface area contributed by atoms with E-state index in [-0.39, 0.29) is 5.52 Å². The SMILES string of the molecule is COc1cc2[nH]c3c(=O)n(CC(=O)O)cnc3c2cc1OC. The minimum absolute atomic E-state index is 0.244. The first-order valence-corrected chi connectivity index (χ1v) is 6.39. The molecule has 0 aliphatic carbocycles. The van der Waals surface area contributed by atoms with Crippen LogP contribution >= 0.6 is 0 Å². The predicted molar refractivity (Wildman–Crippen MR) is 78.6 cm³/mol. The molecule has 0 aliphatic heterocycles. The van der Waals surface area contributed by atoms with Gasteiger partial charge >= 0.3 is 5.97 Å². The van der Waals surface area contributed by atoms with Crippen LogP contribution in [0.25, 0.3) is 21.9 Å². The van der Waals surface area contributed by atoms with E-state index in [1.165, 1.54) is 20.5 Å². The molecule has 2 N–H and O–H groups in total. The number of H-pyrrole nitrogens is 1. The number of hydrogen-bond acceptors (Lipinski definition) is 5. The normalized spacial score (nSPS) is 11.0. The number of hydrogen-bond donors (Lipinski definition) is 2. The monoisotopic (exact) mass is 303 g/mol. The van der Waals surface area contributed by atoms with Crippen LogP contribution in [0.15, 0.2) is 23.3 Å². The van der Waals surface area contributed by atoms with Crippen LogP contribution in [-0.2, 0) is 11.3 Å². The molecule has 2 heterocycles. The van der Waals surface area contributed by atoms with Gasteiger partial charge in [-0.25, -0.2) is 4.98 Å². The zero-order valence-corrected chi connectivity index (χ0v) is 11.9. The van der Waals surface area contributed by atoms with Crippen molar-refractivity contribution in [3.05, 3.63) is 28.8 Å². The summed E-state index contributed by atoms with van der Waals surface area (Å²) in [7, 11) is 3.04. The van der Waals surface area contributed by atoms with Gasteiger partial charge in [-0.05, 0) is 6.07 Å². The molecule has 3 aromatic rings. The molecule has 22 heavy (non-hydrogen) atoms. The van der Waals surface area contributed by atoms with Crippen LogP contribution in [0.5, 0.6) is 11.5 Å². The van der Waals surface area contributed by atoms with Crippen molar-refractivity contribution in [1.82, 2.24) is 14.5 Å². The summed E-state index contributed by atoms with van der Waals surface area (Å²) < 4.78 is 11.5. The van der Waals surface area contributed by atoms with Gasteiger partial charge in [0.25, 0.3) is 5.56 Å². The molecule has 0 unspecified atom stereocenters. The molecule has 0 amide bonds. The van der Waals surface area contributed by atoms with Crippen LogP contribution in [0.1, 0.15) is 0 Å². The van der Waals surface area contributed by atoms with Gasteiger partial charge in [-0.3, -0.25) is 14.2 Å². The highest BCUT2D eigenvalue weighted by molar-refractivity contribution is 6.05. The number of ether oxygens (including phenoxy) is 2. The molecular formula is C14H13N3O5.